The second-order valence-electron chi connectivity index (χ2n) is 8.11. The second kappa shape index (κ2) is 10.0. The molecule has 0 saturated heterocycles. The van der Waals surface area contributed by atoms with Gasteiger partial charge in [-0.3, -0.25) is 15.1 Å². The first-order valence-electron chi connectivity index (χ1n) is 11.4. The predicted molar refractivity (Wildman–Crippen MR) is 138 cm³/mol. The molecule has 5 rings (SSSR count). The van der Waals surface area contributed by atoms with Crippen LogP contribution in [0.15, 0.2) is 121 Å². The number of aromatic nitrogens is 1. The third-order valence-electron chi connectivity index (χ3n) is 5.86. The molecule has 1 aromatic heterocycles. The number of urea groups is 1. The van der Waals surface area contributed by atoms with Crippen LogP contribution in [-0.2, 0) is 0 Å². The fourth-order valence-electron chi connectivity index (χ4n) is 4.21. The lowest BCUT2D eigenvalue weighted by molar-refractivity contribution is 0.0965. The number of benzene rings is 4. The zero-order valence-corrected chi connectivity index (χ0v) is 18.9. The summed E-state index contributed by atoms with van der Waals surface area (Å²) in [5, 5.41) is 6.21. The molecule has 5 aromatic rings. The summed E-state index contributed by atoms with van der Waals surface area (Å²) in [6, 6.07) is 35.3. The number of para-hydroxylation sites is 1. The lowest BCUT2D eigenvalue weighted by atomic mass is 9.97. The van der Waals surface area contributed by atoms with Gasteiger partial charge in [-0.05, 0) is 22.8 Å². The summed E-state index contributed by atoms with van der Waals surface area (Å²) in [5.41, 5.74) is 4.44. The van der Waals surface area contributed by atoms with Crippen molar-refractivity contribution in [2.75, 3.05) is 0 Å². The Balaban J connectivity index is 1.47. The van der Waals surface area contributed by atoms with Gasteiger partial charge in [0.2, 0.25) is 0 Å². The zero-order valence-electron chi connectivity index (χ0n) is 18.9. The third-order valence-corrected chi connectivity index (χ3v) is 5.86. The van der Waals surface area contributed by atoms with Crippen molar-refractivity contribution in [1.82, 2.24) is 15.6 Å². The van der Waals surface area contributed by atoms with E-state index in [1.165, 1.54) is 0 Å². The molecule has 0 aliphatic carbocycles. The van der Waals surface area contributed by atoms with Crippen molar-refractivity contribution in [2.24, 2.45) is 0 Å². The molecule has 0 spiro atoms. The van der Waals surface area contributed by atoms with Crippen molar-refractivity contribution in [3.63, 3.8) is 0 Å². The minimum Gasteiger partial charge on any atom is -0.327 e. The van der Waals surface area contributed by atoms with Crippen molar-refractivity contribution in [1.29, 1.82) is 0 Å². The fraction of sp³-hybridized carbons (Fsp3) is 0.0333. The molecule has 0 aliphatic heterocycles. The fourth-order valence-corrected chi connectivity index (χ4v) is 4.21. The maximum atomic E-state index is 13.5. The van der Waals surface area contributed by atoms with E-state index in [0.29, 0.717) is 22.0 Å². The van der Waals surface area contributed by atoms with Crippen LogP contribution < -0.4 is 10.6 Å². The summed E-state index contributed by atoms with van der Waals surface area (Å²) < 4.78 is 0. The van der Waals surface area contributed by atoms with Gasteiger partial charge >= 0.3 is 6.03 Å². The van der Waals surface area contributed by atoms with Gasteiger partial charge in [-0.15, -0.1) is 0 Å². The summed E-state index contributed by atoms with van der Waals surface area (Å²) in [4.78, 5) is 31.2. The van der Waals surface area contributed by atoms with Gasteiger partial charge in [0.1, 0.15) is 0 Å². The highest BCUT2D eigenvalue weighted by atomic mass is 16.2. The Labute approximate surface area is 203 Å². The van der Waals surface area contributed by atoms with Crippen LogP contribution in [0.2, 0.25) is 0 Å². The van der Waals surface area contributed by atoms with E-state index in [-0.39, 0.29) is 0 Å². The maximum Gasteiger partial charge on any atom is 0.322 e. The maximum absolute atomic E-state index is 13.5. The van der Waals surface area contributed by atoms with Crippen LogP contribution >= 0.6 is 0 Å². The number of pyridine rings is 1. The largest absolute Gasteiger partial charge is 0.327 e. The number of amides is 3. The second-order valence-corrected chi connectivity index (χ2v) is 8.11. The van der Waals surface area contributed by atoms with Crippen LogP contribution in [0, 0.1) is 0 Å². The molecule has 3 amide bonds. The molecule has 0 unspecified atom stereocenters. The Morgan fingerprint density at radius 2 is 1.20 bits per heavy atom. The molecule has 5 heteroatoms. The van der Waals surface area contributed by atoms with Crippen LogP contribution in [0.25, 0.3) is 22.0 Å². The van der Waals surface area contributed by atoms with Gasteiger partial charge in [-0.1, -0.05) is 109 Å². The molecule has 35 heavy (non-hydrogen) atoms. The average Bonchev–Trinajstić information content (AvgIpc) is 2.92. The van der Waals surface area contributed by atoms with Crippen LogP contribution in [-0.4, -0.2) is 16.9 Å². The minimum atomic E-state index is -0.576. The number of carbonyl (C=O) groups is 2. The van der Waals surface area contributed by atoms with Crippen molar-refractivity contribution in [3.05, 3.63) is 138 Å². The Morgan fingerprint density at radius 3 is 1.83 bits per heavy atom. The first kappa shape index (κ1) is 22.0. The molecule has 0 atom stereocenters. The molecule has 0 radical (unpaired) electrons. The molecule has 5 nitrogen and oxygen atoms in total. The zero-order chi connectivity index (χ0) is 24.0. The molecule has 0 aliphatic rings. The number of fused-ring (bicyclic) bond motifs is 1. The predicted octanol–water partition coefficient (Wildman–Crippen LogP) is 6.13. The Kier molecular flexibility index (Phi) is 6.31. The standard InChI is InChI=1S/C30H23N3O2/c34-29(27-24-18-10-11-19-26(24)31-20-25(27)21-12-4-1-5-13-21)33-30(35)32-28(22-14-6-2-7-15-22)23-16-8-3-9-17-23/h1-20,28H,(H2,32,33,34,35). The highest BCUT2D eigenvalue weighted by molar-refractivity contribution is 6.15. The van der Waals surface area contributed by atoms with Crippen molar-refractivity contribution < 1.29 is 9.59 Å². The van der Waals surface area contributed by atoms with E-state index < -0.39 is 18.0 Å². The van der Waals surface area contributed by atoms with Crippen LogP contribution in [0.1, 0.15) is 27.5 Å². The highest BCUT2D eigenvalue weighted by Gasteiger charge is 2.22. The van der Waals surface area contributed by atoms with Crippen LogP contribution in [0.5, 0.6) is 0 Å². The van der Waals surface area contributed by atoms with E-state index in [4.69, 9.17) is 0 Å². The molecular weight excluding hydrogens is 434 g/mol. The normalized spacial score (nSPS) is 10.8. The number of carbonyl (C=O) groups excluding carboxylic acids is 2. The monoisotopic (exact) mass is 457 g/mol. The van der Waals surface area contributed by atoms with Crippen molar-refractivity contribution in [2.45, 2.75) is 6.04 Å². The highest BCUT2D eigenvalue weighted by Crippen LogP contribution is 2.29. The summed E-state index contributed by atoms with van der Waals surface area (Å²) in [6.45, 7) is 0. The number of nitrogens with zero attached hydrogens (tertiary/aromatic N) is 1. The van der Waals surface area contributed by atoms with E-state index in [1.54, 1.807) is 6.20 Å². The smallest absolute Gasteiger partial charge is 0.322 e. The van der Waals surface area contributed by atoms with Gasteiger partial charge in [0, 0.05) is 17.1 Å². The summed E-state index contributed by atoms with van der Waals surface area (Å²) in [6.07, 6.45) is 1.68. The lowest BCUT2D eigenvalue weighted by Crippen LogP contribution is -2.41. The SMILES string of the molecule is O=C(NC(=O)c1c(-c2ccccc2)cnc2ccccc12)NC(c1ccccc1)c1ccccc1. The van der Waals surface area contributed by atoms with Gasteiger partial charge in [-0.2, -0.15) is 0 Å². The molecule has 0 fully saturated rings. The summed E-state index contributed by atoms with van der Waals surface area (Å²) >= 11 is 0. The van der Waals surface area contributed by atoms with Crippen molar-refractivity contribution in [3.8, 4) is 11.1 Å². The van der Waals surface area contributed by atoms with E-state index in [9.17, 15) is 9.59 Å². The van der Waals surface area contributed by atoms with E-state index in [2.05, 4.69) is 15.6 Å². The lowest BCUT2D eigenvalue weighted by Gasteiger charge is -2.20. The minimum absolute atomic E-state index is 0.409. The number of rotatable bonds is 5. The Bertz CT molecular complexity index is 1430. The number of hydrogen-bond acceptors (Lipinski definition) is 3. The van der Waals surface area contributed by atoms with E-state index >= 15 is 0 Å². The molecule has 2 N–H and O–H groups in total. The van der Waals surface area contributed by atoms with Gasteiger partial charge in [0.15, 0.2) is 0 Å². The summed E-state index contributed by atoms with van der Waals surface area (Å²) in [7, 11) is 0. The number of hydrogen-bond donors (Lipinski definition) is 2. The molecular formula is C30H23N3O2. The number of nitrogens with one attached hydrogen (secondary N) is 2. The average molecular weight is 458 g/mol. The third kappa shape index (κ3) is 4.80. The summed E-state index contributed by atoms with van der Waals surface area (Å²) in [5.74, 6) is -0.486. The van der Waals surface area contributed by atoms with E-state index in [0.717, 1.165) is 16.7 Å². The number of imide groups is 1. The molecule has 0 bridgehead atoms. The van der Waals surface area contributed by atoms with Gasteiger partial charge < -0.3 is 5.32 Å². The van der Waals surface area contributed by atoms with Crippen LogP contribution in [0.4, 0.5) is 4.79 Å². The first-order chi connectivity index (χ1) is 17.2. The van der Waals surface area contributed by atoms with Gasteiger partial charge in [0.25, 0.3) is 5.91 Å². The van der Waals surface area contributed by atoms with Crippen molar-refractivity contribution >= 4 is 22.8 Å². The molecule has 0 saturated carbocycles. The topological polar surface area (TPSA) is 71.1 Å². The first-order valence-corrected chi connectivity index (χ1v) is 11.4. The van der Waals surface area contributed by atoms with E-state index in [1.807, 2.05) is 115 Å². The Morgan fingerprint density at radius 1 is 0.657 bits per heavy atom. The quantitative estimate of drug-likeness (QED) is 0.333. The Hall–Kier alpha value is -4.77. The molecule has 1 heterocycles. The van der Waals surface area contributed by atoms with Gasteiger partial charge in [-0.25, -0.2) is 4.79 Å². The van der Waals surface area contributed by atoms with Gasteiger partial charge in [0.05, 0.1) is 17.1 Å². The van der Waals surface area contributed by atoms with Crippen LogP contribution in [0.3, 0.4) is 0 Å². The molecule has 4 aromatic carbocycles. The molecule has 170 valence electrons.